The number of nitrogens with zero attached hydrogens (tertiary/aromatic N) is 1. The standard InChI is InChI=1S/C22H19F6NO2/c1-13(15-9-16(21(23,24)25)11-17(10-15)22(26,27)28)31-19-8-7-18(29-12-30)20(19)14-5-3-2-4-6-14/h2-6,9-11,13,18-20H,7-8H2,1H3. The Morgan fingerprint density at radius 1 is 0.968 bits per heavy atom. The van der Waals surface area contributed by atoms with Gasteiger partial charge >= 0.3 is 12.4 Å². The first-order valence-corrected chi connectivity index (χ1v) is 9.57. The first kappa shape index (κ1) is 23.0. The van der Waals surface area contributed by atoms with Crippen LogP contribution in [0.15, 0.2) is 53.5 Å². The van der Waals surface area contributed by atoms with Crippen molar-refractivity contribution in [3.05, 3.63) is 70.8 Å². The number of hydrogen-bond acceptors (Lipinski definition) is 3. The zero-order chi connectivity index (χ0) is 22.8. The number of ether oxygens (including phenoxy) is 1. The molecule has 1 saturated carbocycles. The molecule has 3 rings (SSSR count). The van der Waals surface area contributed by atoms with Gasteiger partial charge < -0.3 is 4.74 Å². The number of carbonyl (C=O) groups excluding carboxylic acids is 1. The van der Waals surface area contributed by atoms with Gasteiger partial charge in [0.2, 0.25) is 6.08 Å². The van der Waals surface area contributed by atoms with Crippen LogP contribution in [0, 0.1) is 0 Å². The molecule has 0 aliphatic heterocycles. The van der Waals surface area contributed by atoms with Crippen LogP contribution >= 0.6 is 0 Å². The van der Waals surface area contributed by atoms with Crippen LogP contribution in [0.3, 0.4) is 0 Å². The predicted octanol–water partition coefficient (Wildman–Crippen LogP) is 6.45. The second-order valence-electron chi connectivity index (χ2n) is 7.46. The van der Waals surface area contributed by atoms with Crippen molar-refractivity contribution in [3.8, 4) is 0 Å². The molecule has 1 aliphatic rings. The summed E-state index contributed by atoms with van der Waals surface area (Å²) in [6.45, 7) is 1.41. The molecule has 2 aromatic rings. The van der Waals surface area contributed by atoms with Crippen LogP contribution in [0.2, 0.25) is 0 Å². The molecule has 0 amide bonds. The molecule has 4 unspecified atom stereocenters. The van der Waals surface area contributed by atoms with Gasteiger partial charge in [0.1, 0.15) is 0 Å². The molecule has 0 heterocycles. The van der Waals surface area contributed by atoms with Gasteiger partial charge in [-0.1, -0.05) is 30.3 Å². The number of aliphatic imine (C=N–C) groups is 1. The molecule has 4 atom stereocenters. The van der Waals surface area contributed by atoms with E-state index in [1.807, 2.05) is 12.1 Å². The molecule has 0 radical (unpaired) electrons. The third kappa shape index (κ3) is 5.35. The lowest BCUT2D eigenvalue weighted by molar-refractivity contribution is -0.143. The molecule has 0 bridgehead atoms. The summed E-state index contributed by atoms with van der Waals surface area (Å²) < 4.78 is 85.0. The normalized spacial score (nSPS) is 22.7. The van der Waals surface area contributed by atoms with Gasteiger partial charge in [-0.2, -0.15) is 26.3 Å². The summed E-state index contributed by atoms with van der Waals surface area (Å²) in [6.07, 6.45) is -8.97. The fourth-order valence-corrected chi connectivity index (χ4v) is 3.97. The Kier molecular flexibility index (Phi) is 6.57. The van der Waals surface area contributed by atoms with E-state index in [-0.39, 0.29) is 17.5 Å². The lowest BCUT2D eigenvalue weighted by Crippen LogP contribution is -2.24. The average molecular weight is 443 g/mol. The zero-order valence-electron chi connectivity index (χ0n) is 16.4. The first-order chi connectivity index (χ1) is 14.5. The highest BCUT2D eigenvalue weighted by Gasteiger charge is 2.40. The van der Waals surface area contributed by atoms with Crippen LogP contribution in [0.25, 0.3) is 0 Å². The van der Waals surface area contributed by atoms with Gasteiger partial charge in [0.25, 0.3) is 0 Å². The van der Waals surface area contributed by atoms with E-state index in [0.717, 1.165) is 5.56 Å². The maximum absolute atomic E-state index is 13.2. The highest BCUT2D eigenvalue weighted by Crippen LogP contribution is 2.42. The van der Waals surface area contributed by atoms with Crippen LogP contribution in [0.5, 0.6) is 0 Å². The van der Waals surface area contributed by atoms with Gasteiger partial charge in [-0.05, 0) is 49.1 Å². The van der Waals surface area contributed by atoms with Crippen molar-refractivity contribution in [2.75, 3.05) is 0 Å². The highest BCUT2D eigenvalue weighted by atomic mass is 19.4. The van der Waals surface area contributed by atoms with Gasteiger partial charge in [0.05, 0.1) is 29.4 Å². The van der Waals surface area contributed by atoms with Gasteiger partial charge in [0, 0.05) is 5.92 Å². The summed E-state index contributed by atoms with van der Waals surface area (Å²) >= 11 is 0. The number of isocyanates is 1. The molecule has 0 spiro atoms. The first-order valence-electron chi connectivity index (χ1n) is 9.57. The molecule has 1 aliphatic carbocycles. The summed E-state index contributed by atoms with van der Waals surface area (Å²) in [4.78, 5) is 14.6. The highest BCUT2D eigenvalue weighted by molar-refractivity contribution is 5.36. The van der Waals surface area contributed by atoms with Crippen LogP contribution in [-0.4, -0.2) is 18.2 Å². The smallest absolute Gasteiger partial charge is 0.370 e. The summed E-state index contributed by atoms with van der Waals surface area (Å²) in [5.41, 5.74) is -2.18. The maximum Gasteiger partial charge on any atom is 0.416 e. The molecule has 3 nitrogen and oxygen atoms in total. The summed E-state index contributed by atoms with van der Waals surface area (Å²) in [6, 6.07) is 10.0. The van der Waals surface area contributed by atoms with Crippen molar-refractivity contribution < 1.29 is 35.9 Å². The third-order valence-corrected chi connectivity index (χ3v) is 5.42. The van der Waals surface area contributed by atoms with Gasteiger partial charge in [0.15, 0.2) is 0 Å². The maximum atomic E-state index is 13.2. The molecule has 0 saturated heterocycles. The fourth-order valence-electron chi connectivity index (χ4n) is 3.97. The minimum Gasteiger partial charge on any atom is -0.370 e. The molecule has 9 heteroatoms. The molecule has 0 aromatic heterocycles. The molecule has 166 valence electrons. The largest absolute Gasteiger partial charge is 0.416 e. The summed E-state index contributed by atoms with van der Waals surface area (Å²) in [5, 5.41) is 0. The van der Waals surface area contributed by atoms with E-state index in [1.165, 1.54) is 13.0 Å². The van der Waals surface area contributed by atoms with Crippen LogP contribution in [0.4, 0.5) is 26.3 Å². The van der Waals surface area contributed by atoms with E-state index in [2.05, 4.69) is 4.99 Å². The summed E-state index contributed by atoms with van der Waals surface area (Å²) in [7, 11) is 0. The van der Waals surface area contributed by atoms with Crippen molar-refractivity contribution >= 4 is 6.08 Å². The number of rotatable bonds is 5. The SMILES string of the molecule is CC(OC1CCC(N=C=O)C1c1ccccc1)c1cc(C(F)(F)F)cc(C(F)(F)F)c1. The molecule has 2 aromatic carbocycles. The predicted molar refractivity (Wildman–Crippen MR) is 100 cm³/mol. The van der Waals surface area contributed by atoms with Crippen molar-refractivity contribution in [2.45, 2.75) is 56.3 Å². The topological polar surface area (TPSA) is 38.7 Å². The fraction of sp³-hybridized carbons (Fsp3) is 0.409. The van der Waals surface area contributed by atoms with Gasteiger partial charge in [-0.25, -0.2) is 9.79 Å². The third-order valence-electron chi connectivity index (χ3n) is 5.42. The Labute approximate surface area is 174 Å². The van der Waals surface area contributed by atoms with E-state index in [4.69, 9.17) is 4.74 Å². The Morgan fingerprint density at radius 3 is 2.06 bits per heavy atom. The average Bonchev–Trinajstić information content (AvgIpc) is 3.09. The second-order valence-corrected chi connectivity index (χ2v) is 7.46. The number of halogens is 6. The van der Waals surface area contributed by atoms with Crippen LogP contribution in [-0.2, 0) is 21.9 Å². The Bertz CT molecular complexity index is 918. The van der Waals surface area contributed by atoms with Crippen molar-refractivity contribution in [1.29, 1.82) is 0 Å². The van der Waals surface area contributed by atoms with E-state index < -0.39 is 41.7 Å². The quantitative estimate of drug-likeness (QED) is 0.303. The summed E-state index contributed by atoms with van der Waals surface area (Å²) in [5.74, 6) is -0.363. The van der Waals surface area contributed by atoms with E-state index in [9.17, 15) is 31.1 Å². The molecular weight excluding hydrogens is 424 g/mol. The minimum atomic E-state index is -4.93. The van der Waals surface area contributed by atoms with Gasteiger partial charge in [-0.3, -0.25) is 0 Å². The number of benzene rings is 2. The molecule has 0 N–H and O–H groups in total. The molecular formula is C22H19F6NO2. The van der Waals surface area contributed by atoms with E-state index >= 15 is 0 Å². The van der Waals surface area contributed by atoms with Crippen molar-refractivity contribution in [3.63, 3.8) is 0 Å². The lowest BCUT2D eigenvalue weighted by atomic mass is 9.92. The zero-order valence-corrected chi connectivity index (χ0v) is 16.4. The minimum absolute atomic E-state index is 0.0907. The number of alkyl halides is 6. The molecule has 1 fully saturated rings. The van der Waals surface area contributed by atoms with Crippen LogP contribution in [0.1, 0.15) is 54.0 Å². The second kappa shape index (κ2) is 8.85. The Morgan fingerprint density at radius 2 is 1.55 bits per heavy atom. The van der Waals surface area contributed by atoms with E-state index in [0.29, 0.717) is 25.0 Å². The lowest BCUT2D eigenvalue weighted by Gasteiger charge is -2.27. The van der Waals surface area contributed by atoms with Crippen molar-refractivity contribution in [1.82, 2.24) is 0 Å². The van der Waals surface area contributed by atoms with Gasteiger partial charge in [-0.15, -0.1) is 0 Å². The van der Waals surface area contributed by atoms with Crippen molar-refractivity contribution in [2.24, 2.45) is 4.99 Å². The van der Waals surface area contributed by atoms with Crippen LogP contribution < -0.4 is 0 Å². The molecule has 31 heavy (non-hydrogen) atoms. The van der Waals surface area contributed by atoms with E-state index in [1.54, 1.807) is 18.2 Å². The Balaban J connectivity index is 1.92. The number of hydrogen-bond donors (Lipinski definition) is 0. The Hall–Kier alpha value is -2.64. The monoisotopic (exact) mass is 443 g/mol.